The van der Waals surface area contributed by atoms with Gasteiger partial charge in [-0.1, -0.05) is 72.8 Å². The van der Waals surface area contributed by atoms with Gasteiger partial charge in [0.05, 0.1) is 44.5 Å². The summed E-state index contributed by atoms with van der Waals surface area (Å²) in [5.74, 6) is 0. The molecule has 3 fully saturated rings. The van der Waals surface area contributed by atoms with Crippen molar-refractivity contribution in [3.63, 3.8) is 0 Å². The second-order valence-electron chi connectivity index (χ2n) is 10.1. The van der Waals surface area contributed by atoms with E-state index in [4.69, 9.17) is 10.00 Å². The fourth-order valence-corrected chi connectivity index (χ4v) is 6.20. The van der Waals surface area contributed by atoms with Crippen LogP contribution in [0.4, 0.5) is 0 Å². The lowest BCUT2D eigenvalue weighted by molar-refractivity contribution is -0.946. The van der Waals surface area contributed by atoms with Crippen LogP contribution >= 0.6 is 0 Å². The molecule has 182 valence electrons. The quantitative estimate of drug-likeness (QED) is 0.356. The molecule has 6 rings (SSSR count). The first kappa shape index (κ1) is 25.6. The topological polar surface area (TPSA) is 53.2 Å². The van der Waals surface area contributed by atoms with Crippen molar-refractivity contribution >= 4 is 0 Å². The summed E-state index contributed by atoms with van der Waals surface area (Å²) in [5, 5.41) is 21.4. The Morgan fingerprint density at radius 3 is 1.83 bits per heavy atom. The van der Waals surface area contributed by atoms with E-state index in [2.05, 4.69) is 30.3 Å². The molecule has 0 aliphatic carbocycles. The minimum atomic E-state index is -0.974. The smallest absolute Gasteiger partial charge is 0.121 e. The first-order chi connectivity index (χ1) is 16.6. The third kappa shape index (κ3) is 4.81. The van der Waals surface area contributed by atoms with Crippen molar-refractivity contribution in [3.05, 3.63) is 107 Å². The maximum atomic E-state index is 12.5. The number of nitrogens with zero attached hydrogens (tertiary/aromatic N) is 2. The Morgan fingerprint density at radius 1 is 0.829 bits per heavy atom. The lowest BCUT2D eigenvalue weighted by Crippen LogP contribution is -3.00. The molecule has 0 amide bonds. The van der Waals surface area contributed by atoms with Gasteiger partial charge in [0.2, 0.25) is 0 Å². The SMILES string of the molecule is N#Cc1ccc(COCC[N+]23CCC(C(O)(c4ccccc4)c4ccccc4)(CC2)CC3)cc1.[Br-]. The summed E-state index contributed by atoms with van der Waals surface area (Å²) in [6.45, 7) is 5.58. The van der Waals surface area contributed by atoms with Crippen molar-refractivity contribution in [1.29, 1.82) is 5.26 Å². The van der Waals surface area contributed by atoms with Crippen LogP contribution in [-0.2, 0) is 16.9 Å². The van der Waals surface area contributed by atoms with Gasteiger partial charge < -0.3 is 31.3 Å². The summed E-state index contributed by atoms with van der Waals surface area (Å²) < 4.78 is 7.12. The summed E-state index contributed by atoms with van der Waals surface area (Å²) in [6.07, 6.45) is 3.05. The highest BCUT2D eigenvalue weighted by atomic mass is 79.9. The summed E-state index contributed by atoms with van der Waals surface area (Å²) in [7, 11) is 0. The van der Waals surface area contributed by atoms with E-state index in [1.165, 1.54) is 0 Å². The summed E-state index contributed by atoms with van der Waals surface area (Å²) in [5.41, 5.74) is 2.68. The third-order valence-electron chi connectivity index (χ3n) is 8.41. The molecule has 0 unspecified atom stereocenters. The van der Waals surface area contributed by atoms with Crippen LogP contribution in [0.3, 0.4) is 0 Å². The van der Waals surface area contributed by atoms with Crippen LogP contribution in [0, 0.1) is 16.7 Å². The van der Waals surface area contributed by atoms with Crippen molar-refractivity contribution < 1.29 is 31.3 Å². The maximum absolute atomic E-state index is 12.5. The first-order valence-electron chi connectivity index (χ1n) is 12.3. The molecular formula is C30H33BrN2O2. The molecular weight excluding hydrogens is 500 g/mol. The highest BCUT2D eigenvalue weighted by Crippen LogP contribution is 2.57. The monoisotopic (exact) mass is 532 g/mol. The lowest BCUT2D eigenvalue weighted by atomic mass is 9.56. The van der Waals surface area contributed by atoms with Gasteiger partial charge in [0.1, 0.15) is 12.1 Å². The predicted molar refractivity (Wildman–Crippen MR) is 133 cm³/mol. The van der Waals surface area contributed by atoms with Gasteiger partial charge in [0.25, 0.3) is 0 Å². The van der Waals surface area contributed by atoms with Gasteiger partial charge in [0.15, 0.2) is 0 Å². The zero-order valence-corrected chi connectivity index (χ0v) is 21.7. The van der Waals surface area contributed by atoms with Gasteiger partial charge in [-0.15, -0.1) is 0 Å². The van der Waals surface area contributed by atoms with Crippen molar-refractivity contribution in [2.24, 2.45) is 5.41 Å². The average Bonchev–Trinajstić information content (AvgIpc) is 2.93. The van der Waals surface area contributed by atoms with Crippen LogP contribution in [0.25, 0.3) is 0 Å². The fourth-order valence-electron chi connectivity index (χ4n) is 6.20. The molecule has 4 nitrogen and oxygen atoms in total. The van der Waals surface area contributed by atoms with E-state index < -0.39 is 5.60 Å². The number of hydrogen-bond donors (Lipinski definition) is 1. The van der Waals surface area contributed by atoms with E-state index in [9.17, 15) is 5.11 Å². The molecule has 0 spiro atoms. The van der Waals surface area contributed by atoms with E-state index in [1.54, 1.807) is 0 Å². The number of benzene rings is 3. The number of aliphatic hydroxyl groups is 1. The van der Waals surface area contributed by atoms with Gasteiger partial charge in [-0.05, 0) is 28.8 Å². The molecule has 35 heavy (non-hydrogen) atoms. The van der Waals surface area contributed by atoms with E-state index >= 15 is 0 Å². The highest BCUT2D eigenvalue weighted by molar-refractivity contribution is 5.39. The van der Waals surface area contributed by atoms with Crippen LogP contribution in [0.2, 0.25) is 0 Å². The largest absolute Gasteiger partial charge is 1.00 e. The standard InChI is InChI=1S/C30H33N2O2.BrH/c31-23-25-11-13-26(14-12-25)24-34-22-21-32-18-15-29(16-19-32,17-20-32)30(33,27-7-3-1-4-8-27)28-9-5-2-6-10-28;/h1-14,33H,15-22,24H2;1H/q+1;/p-1. The Bertz CT molecular complexity index is 1080. The summed E-state index contributed by atoms with van der Waals surface area (Å²) >= 11 is 0. The summed E-state index contributed by atoms with van der Waals surface area (Å²) in [6, 6.07) is 30.3. The zero-order valence-electron chi connectivity index (χ0n) is 20.1. The van der Waals surface area contributed by atoms with Crippen LogP contribution in [-0.4, -0.2) is 42.4 Å². The number of quaternary nitrogens is 1. The molecule has 3 aliphatic heterocycles. The zero-order chi connectivity index (χ0) is 23.5. The van der Waals surface area contributed by atoms with Crippen molar-refractivity contribution in [1.82, 2.24) is 0 Å². The second kappa shape index (κ2) is 10.6. The van der Waals surface area contributed by atoms with Crippen molar-refractivity contribution in [3.8, 4) is 6.07 Å². The lowest BCUT2D eigenvalue weighted by Gasteiger charge is -2.60. The molecule has 3 aromatic carbocycles. The van der Waals surface area contributed by atoms with Crippen LogP contribution < -0.4 is 17.0 Å². The Hall–Kier alpha value is -2.49. The minimum Gasteiger partial charge on any atom is -1.00 e. The van der Waals surface area contributed by atoms with E-state index in [-0.39, 0.29) is 22.4 Å². The number of rotatable bonds is 8. The molecule has 0 radical (unpaired) electrons. The number of ether oxygens (including phenoxy) is 1. The number of nitriles is 1. The number of piperidine rings is 3. The number of fused-ring (bicyclic) bond motifs is 3. The first-order valence-corrected chi connectivity index (χ1v) is 12.3. The summed E-state index contributed by atoms with van der Waals surface area (Å²) in [4.78, 5) is 0. The highest BCUT2D eigenvalue weighted by Gasteiger charge is 2.60. The number of halogens is 1. The van der Waals surface area contributed by atoms with Gasteiger partial charge in [-0.3, -0.25) is 0 Å². The van der Waals surface area contributed by atoms with Gasteiger partial charge in [0, 0.05) is 24.7 Å². The number of hydrogen-bond acceptors (Lipinski definition) is 3. The minimum absolute atomic E-state index is 0. The van der Waals surface area contributed by atoms with Crippen LogP contribution in [0.15, 0.2) is 84.9 Å². The molecule has 1 N–H and O–H groups in total. The molecule has 0 aromatic heterocycles. The Balaban J connectivity index is 0.00000289. The van der Waals surface area contributed by atoms with E-state index in [0.717, 1.165) is 73.2 Å². The van der Waals surface area contributed by atoms with E-state index in [0.29, 0.717) is 12.2 Å². The van der Waals surface area contributed by atoms with Crippen LogP contribution in [0.5, 0.6) is 0 Å². The van der Waals surface area contributed by atoms with Crippen molar-refractivity contribution in [2.75, 3.05) is 32.8 Å². The molecule has 3 aromatic rings. The average molecular weight is 534 g/mol. The van der Waals surface area contributed by atoms with E-state index in [1.807, 2.05) is 60.7 Å². The molecule has 3 saturated heterocycles. The molecule has 3 aliphatic rings. The van der Waals surface area contributed by atoms with Gasteiger partial charge in [-0.25, -0.2) is 0 Å². The molecule has 2 bridgehead atoms. The predicted octanol–water partition coefficient (Wildman–Crippen LogP) is 2.02. The molecule has 3 heterocycles. The van der Waals surface area contributed by atoms with Gasteiger partial charge >= 0.3 is 0 Å². The molecule has 5 heteroatoms. The Labute approximate surface area is 219 Å². The van der Waals surface area contributed by atoms with Crippen molar-refractivity contribution in [2.45, 2.75) is 31.5 Å². The molecule has 0 saturated carbocycles. The Morgan fingerprint density at radius 2 is 1.34 bits per heavy atom. The second-order valence-corrected chi connectivity index (χ2v) is 10.1. The maximum Gasteiger partial charge on any atom is 0.121 e. The van der Waals surface area contributed by atoms with Gasteiger partial charge in [-0.2, -0.15) is 5.26 Å². The Kier molecular flexibility index (Phi) is 7.78. The van der Waals surface area contributed by atoms with Crippen LogP contribution in [0.1, 0.15) is 41.5 Å². The third-order valence-corrected chi connectivity index (χ3v) is 8.41. The fraction of sp³-hybridized carbons (Fsp3) is 0.367. The normalized spacial score (nSPS) is 23.3. The molecule has 0 atom stereocenters.